The minimum absolute atomic E-state index is 0.00351. The molecule has 1 saturated heterocycles. The molecule has 1 aliphatic heterocycles. The van der Waals surface area contributed by atoms with E-state index in [0.29, 0.717) is 17.1 Å². The van der Waals surface area contributed by atoms with Crippen LogP contribution in [0.2, 0.25) is 0 Å². The molecule has 2 aliphatic rings. The van der Waals surface area contributed by atoms with Gasteiger partial charge < -0.3 is 4.90 Å². The topological polar surface area (TPSA) is 98.1 Å². The van der Waals surface area contributed by atoms with Crippen molar-refractivity contribution in [2.45, 2.75) is 55.6 Å². The second kappa shape index (κ2) is 9.42. The molecule has 1 saturated carbocycles. The number of rotatable bonds is 6. The van der Waals surface area contributed by atoms with Crippen LogP contribution in [0.25, 0.3) is 16.7 Å². The summed E-state index contributed by atoms with van der Waals surface area (Å²) in [5.41, 5.74) is 1.60. The Morgan fingerprint density at radius 2 is 1.85 bits per heavy atom. The van der Waals surface area contributed by atoms with Gasteiger partial charge in [-0.05, 0) is 31.4 Å². The normalized spacial score (nSPS) is 20.8. The zero-order chi connectivity index (χ0) is 22.8. The number of carbonyl (C=O) groups excluding carboxylic acids is 1. The lowest BCUT2D eigenvalue weighted by molar-refractivity contribution is -0.133. The lowest BCUT2D eigenvalue weighted by Gasteiger charge is -2.38. The van der Waals surface area contributed by atoms with Crippen LogP contribution in [-0.4, -0.2) is 68.3 Å². The van der Waals surface area contributed by atoms with Crippen LogP contribution < -0.4 is 0 Å². The van der Waals surface area contributed by atoms with Gasteiger partial charge in [-0.25, -0.2) is 23.1 Å². The average Bonchev–Trinajstić information content (AvgIpc) is 3.42. The smallest absolute Gasteiger partial charge is 0.233 e. The Balaban J connectivity index is 1.36. The Hall–Kier alpha value is -2.46. The second-order valence-electron chi connectivity index (χ2n) is 8.75. The van der Waals surface area contributed by atoms with Gasteiger partial charge in [-0.1, -0.05) is 49.2 Å². The Morgan fingerprint density at radius 1 is 1.06 bits per heavy atom. The highest BCUT2D eigenvalue weighted by atomic mass is 32.2. The van der Waals surface area contributed by atoms with Crippen molar-refractivity contribution in [2.75, 3.05) is 17.3 Å². The van der Waals surface area contributed by atoms with Crippen LogP contribution in [0.5, 0.6) is 0 Å². The van der Waals surface area contributed by atoms with Crippen LogP contribution in [0.3, 0.4) is 0 Å². The number of nitrogens with zero attached hydrogens (tertiary/aromatic N) is 5. The number of benzene rings is 1. The van der Waals surface area contributed by atoms with Crippen LogP contribution in [0.15, 0.2) is 47.9 Å². The summed E-state index contributed by atoms with van der Waals surface area (Å²) in [6, 6.07) is 9.69. The van der Waals surface area contributed by atoms with E-state index in [-0.39, 0.29) is 35.2 Å². The maximum atomic E-state index is 13.4. The Bertz CT molecular complexity index is 1240. The molecule has 10 heteroatoms. The van der Waals surface area contributed by atoms with Gasteiger partial charge in [-0.2, -0.15) is 5.10 Å². The van der Waals surface area contributed by atoms with E-state index >= 15 is 0 Å². The SMILES string of the molecule is O=C(CSc1ncnc2c1cnn2-c1ccccc1)N(C1CCCCC1)[C@@H]1CCS(=O)(=O)C1. The van der Waals surface area contributed by atoms with E-state index in [1.165, 1.54) is 24.5 Å². The molecular weight excluding hydrogens is 458 g/mol. The Kier molecular flexibility index (Phi) is 6.38. The molecule has 3 aromatic rings. The predicted octanol–water partition coefficient (Wildman–Crippen LogP) is 3.26. The van der Waals surface area contributed by atoms with Crippen molar-refractivity contribution in [1.29, 1.82) is 0 Å². The molecule has 2 fully saturated rings. The molecule has 1 amide bonds. The average molecular weight is 486 g/mol. The molecule has 0 radical (unpaired) electrons. The van der Waals surface area contributed by atoms with Gasteiger partial charge in [0.25, 0.3) is 0 Å². The van der Waals surface area contributed by atoms with Crippen molar-refractivity contribution in [3.05, 3.63) is 42.9 Å². The van der Waals surface area contributed by atoms with Gasteiger partial charge in [-0.3, -0.25) is 4.79 Å². The summed E-state index contributed by atoms with van der Waals surface area (Å²) < 4.78 is 26.0. The third-order valence-electron chi connectivity index (χ3n) is 6.52. The third kappa shape index (κ3) is 4.77. The summed E-state index contributed by atoms with van der Waals surface area (Å²) in [7, 11) is -3.06. The van der Waals surface area contributed by atoms with Crippen LogP contribution in [0.4, 0.5) is 0 Å². The molecule has 0 bridgehead atoms. The first-order chi connectivity index (χ1) is 16.0. The maximum absolute atomic E-state index is 13.4. The second-order valence-corrected chi connectivity index (χ2v) is 11.9. The third-order valence-corrected chi connectivity index (χ3v) is 9.26. The van der Waals surface area contributed by atoms with E-state index in [4.69, 9.17) is 0 Å². The lowest BCUT2D eigenvalue weighted by atomic mass is 9.93. The van der Waals surface area contributed by atoms with E-state index in [1.54, 1.807) is 10.9 Å². The molecule has 33 heavy (non-hydrogen) atoms. The van der Waals surface area contributed by atoms with Crippen LogP contribution in [-0.2, 0) is 14.6 Å². The van der Waals surface area contributed by atoms with Crippen molar-refractivity contribution in [2.24, 2.45) is 0 Å². The largest absolute Gasteiger partial charge is 0.335 e. The van der Waals surface area contributed by atoms with Crippen molar-refractivity contribution in [1.82, 2.24) is 24.6 Å². The molecule has 0 spiro atoms. The molecular formula is C23H27N5O3S2. The number of para-hydroxylation sites is 1. The predicted molar refractivity (Wildman–Crippen MR) is 128 cm³/mol. The summed E-state index contributed by atoms with van der Waals surface area (Å²) >= 11 is 1.37. The van der Waals surface area contributed by atoms with Crippen LogP contribution >= 0.6 is 11.8 Å². The van der Waals surface area contributed by atoms with Gasteiger partial charge in [0.15, 0.2) is 15.5 Å². The van der Waals surface area contributed by atoms with E-state index in [9.17, 15) is 13.2 Å². The fraction of sp³-hybridized carbons (Fsp3) is 0.478. The summed E-state index contributed by atoms with van der Waals surface area (Å²) in [5, 5.41) is 5.98. The number of fused-ring (bicyclic) bond motifs is 1. The maximum Gasteiger partial charge on any atom is 0.233 e. The molecule has 1 atom stereocenters. The van der Waals surface area contributed by atoms with E-state index in [1.807, 2.05) is 35.2 Å². The highest BCUT2D eigenvalue weighted by Gasteiger charge is 2.38. The number of aromatic nitrogens is 4. The van der Waals surface area contributed by atoms with Crippen molar-refractivity contribution < 1.29 is 13.2 Å². The van der Waals surface area contributed by atoms with Gasteiger partial charge >= 0.3 is 0 Å². The summed E-state index contributed by atoms with van der Waals surface area (Å²) in [6.07, 6.45) is 9.04. The minimum Gasteiger partial charge on any atom is -0.335 e. The fourth-order valence-electron chi connectivity index (χ4n) is 4.96. The zero-order valence-electron chi connectivity index (χ0n) is 18.3. The summed E-state index contributed by atoms with van der Waals surface area (Å²) in [6.45, 7) is 0. The van der Waals surface area contributed by atoms with Crippen LogP contribution in [0.1, 0.15) is 38.5 Å². The molecule has 0 N–H and O–H groups in total. The number of thioether (sulfide) groups is 1. The number of sulfone groups is 1. The van der Waals surface area contributed by atoms with Crippen molar-refractivity contribution in [3.8, 4) is 5.69 Å². The molecule has 5 rings (SSSR count). The quantitative estimate of drug-likeness (QED) is 0.390. The van der Waals surface area contributed by atoms with E-state index < -0.39 is 9.84 Å². The van der Waals surface area contributed by atoms with E-state index in [0.717, 1.165) is 36.8 Å². The monoisotopic (exact) mass is 485 g/mol. The number of carbonyl (C=O) groups is 1. The number of hydrogen-bond acceptors (Lipinski definition) is 7. The first kappa shape index (κ1) is 22.3. The highest BCUT2D eigenvalue weighted by Crippen LogP contribution is 2.31. The van der Waals surface area contributed by atoms with Crippen molar-refractivity contribution in [3.63, 3.8) is 0 Å². The van der Waals surface area contributed by atoms with Gasteiger partial charge in [-0.15, -0.1) is 0 Å². The lowest BCUT2D eigenvalue weighted by Crippen LogP contribution is -2.49. The van der Waals surface area contributed by atoms with Crippen molar-refractivity contribution >= 4 is 38.5 Å². The Labute approximate surface area is 197 Å². The van der Waals surface area contributed by atoms with E-state index in [2.05, 4.69) is 15.1 Å². The van der Waals surface area contributed by atoms with Gasteiger partial charge in [0.2, 0.25) is 5.91 Å². The molecule has 1 aliphatic carbocycles. The molecule has 1 aromatic carbocycles. The first-order valence-corrected chi connectivity index (χ1v) is 14.2. The zero-order valence-corrected chi connectivity index (χ0v) is 20.0. The number of amides is 1. The first-order valence-electron chi connectivity index (χ1n) is 11.4. The molecule has 8 nitrogen and oxygen atoms in total. The number of hydrogen-bond donors (Lipinski definition) is 0. The van der Waals surface area contributed by atoms with Gasteiger partial charge in [0.05, 0.1) is 34.5 Å². The summed E-state index contributed by atoms with van der Waals surface area (Å²) in [4.78, 5) is 24.1. The molecule has 0 unspecified atom stereocenters. The fourth-order valence-corrected chi connectivity index (χ4v) is 7.50. The molecule has 2 aromatic heterocycles. The van der Waals surface area contributed by atoms with Gasteiger partial charge in [0, 0.05) is 12.1 Å². The molecule has 174 valence electrons. The van der Waals surface area contributed by atoms with Gasteiger partial charge in [0.1, 0.15) is 11.4 Å². The minimum atomic E-state index is -3.06. The Morgan fingerprint density at radius 3 is 2.58 bits per heavy atom. The highest BCUT2D eigenvalue weighted by molar-refractivity contribution is 8.00. The standard InChI is InChI=1S/C23H27N5O3S2/c29-21(27(17-7-3-1-4-8-17)19-11-12-33(30,31)15-19)14-32-23-20-13-26-28(22(20)24-16-25-23)18-9-5-2-6-10-18/h2,5-6,9-10,13,16-17,19H,1,3-4,7-8,11-12,14-15H2/t19-/m1/s1. The summed E-state index contributed by atoms with van der Waals surface area (Å²) in [5.74, 6) is 0.472. The van der Waals surface area contributed by atoms with Crippen LogP contribution in [0, 0.1) is 0 Å². The molecule has 3 heterocycles.